The van der Waals surface area contributed by atoms with Crippen molar-refractivity contribution in [2.75, 3.05) is 17.3 Å². The first-order valence-corrected chi connectivity index (χ1v) is 10.2. The SMILES string of the molecule is Cc1cccc(-c2nnc(SCC(=O)O[C@@H]3CCS(=O)(=O)C3)o2)c1. The molecule has 2 heterocycles. The number of rotatable bonds is 5. The lowest BCUT2D eigenvalue weighted by Gasteiger charge is -2.08. The number of sulfone groups is 1. The summed E-state index contributed by atoms with van der Waals surface area (Å²) in [6.45, 7) is 1.97. The van der Waals surface area contributed by atoms with Gasteiger partial charge in [-0.15, -0.1) is 10.2 Å². The molecule has 1 aromatic carbocycles. The highest BCUT2D eigenvalue weighted by Crippen LogP contribution is 2.24. The minimum Gasteiger partial charge on any atom is -0.461 e. The van der Waals surface area contributed by atoms with Crippen molar-refractivity contribution in [3.05, 3.63) is 29.8 Å². The zero-order valence-electron chi connectivity index (χ0n) is 13.0. The fraction of sp³-hybridized carbons (Fsp3) is 0.400. The van der Waals surface area contributed by atoms with Crippen LogP contribution >= 0.6 is 11.8 Å². The summed E-state index contributed by atoms with van der Waals surface area (Å²) >= 11 is 1.07. The molecule has 1 fully saturated rings. The number of carbonyl (C=O) groups excluding carboxylic acids is 1. The molecule has 0 N–H and O–H groups in total. The number of carbonyl (C=O) groups is 1. The first-order chi connectivity index (χ1) is 11.4. The lowest BCUT2D eigenvalue weighted by Crippen LogP contribution is -2.20. The highest BCUT2D eigenvalue weighted by molar-refractivity contribution is 7.99. The van der Waals surface area contributed by atoms with Crippen molar-refractivity contribution in [1.82, 2.24) is 10.2 Å². The van der Waals surface area contributed by atoms with E-state index in [-0.39, 0.29) is 22.5 Å². The van der Waals surface area contributed by atoms with Crippen molar-refractivity contribution in [1.29, 1.82) is 0 Å². The van der Waals surface area contributed by atoms with Crippen molar-refractivity contribution in [2.24, 2.45) is 0 Å². The van der Waals surface area contributed by atoms with Gasteiger partial charge < -0.3 is 9.15 Å². The molecule has 24 heavy (non-hydrogen) atoms. The van der Waals surface area contributed by atoms with E-state index in [9.17, 15) is 13.2 Å². The van der Waals surface area contributed by atoms with E-state index < -0.39 is 21.9 Å². The molecule has 0 radical (unpaired) electrons. The number of aryl methyl sites for hydroxylation is 1. The van der Waals surface area contributed by atoms with Crippen molar-refractivity contribution < 1.29 is 22.4 Å². The Bertz CT molecular complexity index is 847. The summed E-state index contributed by atoms with van der Waals surface area (Å²) in [6.07, 6.45) is -0.190. The fourth-order valence-electron chi connectivity index (χ4n) is 2.36. The van der Waals surface area contributed by atoms with Gasteiger partial charge in [0.2, 0.25) is 5.89 Å². The van der Waals surface area contributed by atoms with Crippen LogP contribution in [0.1, 0.15) is 12.0 Å². The molecule has 0 bridgehead atoms. The Kier molecular flexibility index (Phi) is 4.91. The van der Waals surface area contributed by atoms with E-state index in [1.165, 1.54) is 0 Å². The number of hydrogen-bond donors (Lipinski definition) is 0. The standard InChI is InChI=1S/C15H16N2O5S2/c1-10-3-2-4-11(7-10)14-16-17-15(22-14)23-8-13(18)21-12-5-6-24(19,20)9-12/h2-4,7,12H,5-6,8-9H2,1H3/t12-/m1/s1. The second-order valence-corrected chi connectivity index (χ2v) is 8.70. The molecule has 128 valence electrons. The van der Waals surface area contributed by atoms with E-state index in [1.54, 1.807) is 0 Å². The maximum atomic E-state index is 11.8. The number of thioether (sulfide) groups is 1. The Labute approximate surface area is 143 Å². The van der Waals surface area contributed by atoms with Crippen molar-refractivity contribution >= 4 is 27.6 Å². The van der Waals surface area contributed by atoms with Gasteiger partial charge in [-0.3, -0.25) is 4.79 Å². The van der Waals surface area contributed by atoms with Gasteiger partial charge in [0.25, 0.3) is 5.22 Å². The van der Waals surface area contributed by atoms with Crippen LogP contribution in [0.15, 0.2) is 33.9 Å². The molecule has 0 saturated carbocycles. The van der Waals surface area contributed by atoms with Crippen LogP contribution in [0.25, 0.3) is 11.5 Å². The Morgan fingerprint density at radius 2 is 2.25 bits per heavy atom. The average molecular weight is 368 g/mol. The number of benzene rings is 1. The lowest BCUT2D eigenvalue weighted by molar-refractivity contribution is -0.144. The fourth-order valence-corrected chi connectivity index (χ4v) is 4.49. The van der Waals surface area contributed by atoms with E-state index in [0.717, 1.165) is 22.9 Å². The summed E-state index contributed by atoms with van der Waals surface area (Å²) in [6, 6.07) is 7.66. The summed E-state index contributed by atoms with van der Waals surface area (Å²) in [5, 5.41) is 8.12. The number of aromatic nitrogens is 2. The number of hydrogen-bond acceptors (Lipinski definition) is 8. The topological polar surface area (TPSA) is 99.4 Å². The monoisotopic (exact) mass is 368 g/mol. The molecule has 1 aliphatic rings. The van der Waals surface area contributed by atoms with Crippen LogP contribution in [0.2, 0.25) is 0 Å². The molecule has 0 spiro atoms. The van der Waals surface area contributed by atoms with Crippen LogP contribution < -0.4 is 0 Å². The summed E-state index contributed by atoms with van der Waals surface area (Å²) in [5.41, 5.74) is 1.89. The zero-order valence-corrected chi connectivity index (χ0v) is 14.6. The predicted molar refractivity (Wildman–Crippen MR) is 88.3 cm³/mol. The van der Waals surface area contributed by atoms with Crippen LogP contribution in [0, 0.1) is 6.92 Å². The molecule has 3 rings (SSSR count). The van der Waals surface area contributed by atoms with Gasteiger partial charge >= 0.3 is 5.97 Å². The first-order valence-electron chi connectivity index (χ1n) is 7.34. The molecule has 1 aliphatic heterocycles. The maximum Gasteiger partial charge on any atom is 0.316 e. The third-order valence-electron chi connectivity index (χ3n) is 3.47. The van der Waals surface area contributed by atoms with E-state index in [2.05, 4.69) is 10.2 Å². The second-order valence-electron chi connectivity index (χ2n) is 5.55. The number of nitrogens with zero attached hydrogens (tertiary/aromatic N) is 2. The minimum absolute atomic E-state index is 0.00794. The Balaban J connectivity index is 1.53. The number of esters is 1. The predicted octanol–water partition coefficient (Wildman–Crippen LogP) is 1.87. The Hall–Kier alpha value is -1.87. The van der Waals surface area contributed by atoms with Gasteiger partial charge in [-0.1, -0.05) is 29.5 Å². The van der Waals surface area contributed by atoms with Crippen LogP contribution in [0.5, 0.6) is 0 Å². The normalized spacial score (nSPS) is 19.3. The van der Waals surface area contributed by atoms with Crippen LogP contribution in [0.4, 0.5) is 0 Å². The smallest absolute Gasteiger partial charge is 0.316 e. The molecule has 1 aromatic heterocycles. The Morgan fingerprint density at radius 1 is 1.42 bits per heavy atom. The van der Waals surface area contributed by atoms with Gasteiger partial charge in [0.15, 0.2) is 9.84 Å². The number of ether oxygens (including phenoxy) is 1. The first kappa shape index (κ1) is 17.0. The molecule has 0 unspecified atom stereocenters. The minimum atomic E-state index is -3.06. The van der Waals surface area contributed by atoms with Crippen LogP contribution in [0.3, 0.4) is 0 Å². The molecular weight excluding hydrogens is 352 g/mol. The quantitative estimate of drug-likeness (QED) is 0.582. The average Bonchev–Trinajstić information content (AvgIpc) is 3.12. The molecule has 0 aliphatic carbocycles. The van der Waals surface area contributed by atoms with E-state index in [0.29, 0.717) is 12.3 Å². The van der Waals surface area contributed by atoms with Gasteiger partial charge in [-0.2, -0.15) is 0 Å². The molecular formula is C15H16N2O5S2. The van der Waals surface area contributed by atoms with Crippen LogP contribution in [-0.4, -0.2) is 47.9 Å². The second kappa shape index (κ2) is 6.94. The summed E-state index contributed by atoms with van der Waals surface area (Å²) in [4.78, 5) is 11.8. The van der Waals surface area contributed by atoms with E-state index in [4.69, 9.17) is 9.15 Å². The highest BCUT2D eigenvalue weighted by atomic mass is 32.2. The maximum absolute atomic E-state index is 11.8. The van der Waals surface area contributed by atoms with Gasteiger partial charge in [-0.25, -0.2) is 8.42 Å². The zero-order chi connectivity index (χ0) is 17.2. The molecule has 7 nitrogen and oxygen atoms in total. The van der Waals surface area contributed by atoms with Gasteiger partial charge in [0, 0.05) is 5.56 Å². The van der Waals surface area contributed by atoms with Crippen molar-refractivity contribution in [3.8, 4) is 11.5 Å². The molecule has 0 amide bonds. The summed E-state index contributed by atoms with van der Waals surface area (Å²) in [5.74, 6) is -0.136. The van der Waals surface area contributed by atoms with Gasteiger partial charge in [-0.05, 0) is 25.5 Å². The molecule has 1 atom stereocenters. The van der Waals surface area contributed by atoms with Gasteiger partial charge in [0.1, 0.15) is 11.9 Å². The summed E-state index contributed by atoms with van der Waals surface area (Å²) in [7, 11) is -3.06. The van der Waals surface area contributed by atoms with Crippen molar-refractivity contribution in [2.45, 2.75) is 24.7 Å². The Morgan fingerprint density at radius 3 is 2.96 bits per heavy atom. The van der Waals surface area contributed by atoms with Crippen molar-refractivity contribution in [3.63, 3.8) is 0 Å². The third kappa shape index (κ3) is 4.35. The lowest BCUT2D eigenvalue weighted by atomic mass is 10.1. The largest absolute Gasteiger partial charge is 0.461 e. The highest BCUT2D eigenvalue weighted by Gasteiger charge is 2.30. The van der Waals surface area contributed by atoms with Crippen LogP contribution in [-0.2, 0) is 19.4 Å². The third-order valence-corrected chi connectivity index (χ3v) is 6.00. The van der Waals surface area contributed by atoms with E-state index >= 15 is 0 Å². The van der Waals surface area contributed by atoms with E-state index in [1.807, 2.05) is 31.2 Å². The summed E-state index contributed by atoms with van der Waals surface area (Å²) < 4.78 is 33.3. The molecule has 2 aromatic rings. The molecule has 9 heteroatoms. The van der Waals surface area contributed by atoms with Gasteiger partial charge in [0.05, 0.1) is 11.5 Å². The molecule has 1 saturated heterocycles.